The van der Waals surface area contributed by atoms with Crippen LogP contribution in [-0.2, 0) is 19.6 Å². The summed E-state index contributed by atoms with van der Waals surface area (Å²) in [6.07, 6.45) is 0. The Hall–Kier alpha value is -4.39. The Morgan fingerprint density at radius 2 is 1.53 bits per heavy atom. The normalized spacial score (nSPS) is 12.5. The highest BCUT2D eigenvalue weighted by atomic mass is 32.2. The summed E-state index contributed by atoms with van der Waals surface area (Å²) >= 11 is 0. The predicted octanol–water partition coefficient (Wildman–Crippen LogP) is 6.53. The van der Waals surface area contributed by atoms with Crippen molar-refractivity contribution in [2.24, 2.45) is 11.3 Å². The average molecular weight is 601 g/mol. The standard InChI is InChI=1S/C34H36N2O6S/c1-21(2)30(33(38)41-7)36-43(39,40)27-17-13-24(14-18-27)23-11-15-26(16-12-23)35-32(37)31-22(3)29-25(19-20-34(4,5)6)9-8-10-28(29)42-31/h8-18,21,30,36H,1-7H3,(H,35,37)/t30-/m0/s1. The zero-order valence-corrected chi connectivity index (χ0v) is 26.2. The molecule has 4 aromatic rings. The maximum atomic E-state index is 13.2. The molecule has 0 saturated carbocycles. The second-order valence-electron chi connectivity index (χ2n) is 11.7. The number of anilines is 1. The number of ether oxygens (including phenoxy) is 1. The molecule has 0 aliphatic rings. The lowest BCUT2D eigenvalue weighted by molar-refractivity contribution is -0.143. The predicted molar refractivity (Wildman–Crippen MR) is 168 cm³/mol. The van der Waals surface area contributed by atoms with E-state index in [0.29, 0.717) is 11.3 Å². The van der Waals surface area contributed by atoms with E-state index in [4.69, 9.17) is 9.15 Å². The third-order valence-corrected chi connectivity index (χ3v) is 8.23. The van der Waals surface area contributed by atoms with E-state index in [1.54, 1.807) is 38.1 Å². The SMILES string of the molecule is COC(=O)[C@@H](NS(=O)(=O)c1ccc(-c2ccc(NC(=O)c3oc4cccc(C#CC(C)(C)C)c4c3C)cc2)cc1)C(C)C. The second kappa shape index (κ2) is 12.5. The number of fused-ring (bicyclic) bond motifs is 1. The summed E-state index contributed by atoms with van der Waals surface area (Å²) in [4.78, 5) is 25.2. The molecule has 0 aliphatic carbocycles. The minimum absolute atomic E-state index is 0.0310. The van der Waals surface area contributed by atoms with Crippen molar-refractivity contribution in [3.8, 4) is 23.0 Å². The van der Waals surface area contributed by atoms with E-state index >= 15 is 0 Å². The number of hydrogen-bond acceptors (Lipinski definition) is 6. The van der Waals surface area contributed by atoms with Crippen molar-refractivity contribution in [2.45, 2.75) is 52.5 Å². The molecule has 43 heavy (non-hydrogen) atoms. The Balaban J connectivity index is 1.49. The molecular formula is C34H36N2O6S. The summed E-state index contributed by atoms with van der Waals surface area (Å²) in [7, 11) is -2.73. The molecule has 3 aromatic carbocycles. The van der Waals surface area contributed by atoms with Crippen LogP contribution in [-0.4, -0.2) is 33.4 Å². The fourth-order valence-corrected chi connectivity index (χ4v) is 5.79. The molecular weight excluding hydrogens is 564 g/mol. The molecule has 4 rings (SSSR count). The number of methoxy groups -OCH3 is 1. The summed E-state index contributed by atoms with van der Waals surface area (Å²) in [5.41, 5.74) is 4.16. The van der Waals surface area contributed by atoms with Crippen molar-refractivity contribution in [1.82, 2.24) is 4.72 Å². The Morgan fingerprint density at radius 1 is 0.930 bits per heavy atom. The minimum Gasteiger partial charge on any atom is -0.468 e. The van der Waals surface area contributed by atoms with Crippen LogP contribution in [0.3, 0.4) is 0 Å². The molecule has 0 saturated heterocycles. The van der Waals surface area contributed by atoms with E-state index < -0.39 is 22.0 Å². The van der Waals surface area contributed by atoms with Gasteiger partial charge in [0.15, 0.2) is 5.76 Å². The van der Waals surface area contributed by atoms with Gasteiger partial charge in [0, 0.05) is 27.6 Å². The second-order valence-corrected chi connectivity index (χ2v) is 13.4. The van der Waals surface area contributed by atoms with E-state index in [-0.39, 0.29) is 27.9 Å². The number of nitrogens with one attached hydrogen (secondary N) is 2. The van der Waals surface area contributed by atoms with Crippen LogP contribution < -0.4 is 10.0 Å². The summed E-state index contributed by atoms with van der Waals surface area (Å²) in [5.74, 6) is 5.38. The van der Waals surface area contributed by atoms with Crippen LogP contribution in [0.25, 0.3) is 22.1 Å². The lowest BCUT2D eigenvalue weighted by Crippen LogP contribution is -2.44. The van der Waals surface area contributed by atoms with E-state index in [1.165, 1.54) is 19.2 Å². The molecule has 2 N–H and O–H groups in total. The van der Waals surface area contributed by atoms with Crippen LogP contribution in [0.5, 0.6) is 0 Å². The van der Waals surface area contributed by atoms with Crippen molar-refractivity contribution in [1.29, 1.82) is 0 Å². The number of esters is 1. The van der Waals surface area contributed by atoms with Crippen LogP contribution in [0.2, 0.25) is 0 Å². The van der Waals surface area contributed by atoms with Gasteiger partial charge in [-0.3, -0.25) is 9.59 Å². The first-order valence-electron chi connectivity index (χ1n) is 13.9. The lowest BCUT2D eigenvalue weighted by atomic mass is 9.96. The number of sulfonamides is 1. The first-order valence-corrected chi connectivity index (χ1v) is 15.4. The maximum absolute atomic E-state index is 13.2. The van der Waals surface area contributed by atoms with Crippen LogP contribution in [0.4, 0.5) is 5.69 Å². The minimum atomic E-state index is -3.95. The molecule has 0 spiro atoms. The van der Waals surface area contributed by atoms with Crippen LogP contribution in [0.15, 0.2) is 76.0 Å². The number of furan rings is 1. The maximum Gasteiger partial charge on any atom is 0.324 e. The molecule has 1 atom stereocenters. The first kappa shape index (κ1) is 31.5. The van der Waals surface area contributed by atoms with E-state index in [2.05, 4.69) is 21.9 Å². The molecule has 224 valence electrons. The van der Waals surface area contributed by atoms with E-state index in [1.807, 2.05) is 58.0 Å². The van der Waals surface area contributed by atoms with Gasteiger partial charge in [0.25, 0.3) is 5.91 Å². The average Bonchev–Trinajstić information content (AvgIpc) is 3.31. The largest absolute Gasteiger partial charge is 0.468 e. The van der Waals surface area contributed by atoms with Gasteiger partial charge in [-0.15, -0.1) is 0 Å². The van der Waals surface area contributed by atoms with Gasteiger partial charge in [0.2, 0.25) is 10.0 Å². The van der Waals surface area contributed by atoms with Gasteiger partial charge in [-0.25, -0.2) is 8.42 Å². The number of carbonyl (C=O) groups is 2. The lowest BCUT2D eigenvalue weighted by Gasteiger charge is -2.19. The summed E-state index contributed by atoms with van der Waals surface area (Å²) in [5, 5.41) is 3.71. The van der Waals surface area contributed by atoms with Crippen LogP contribution in [0.1, 0.15) is 56.3 Å². The van der Waals surface area contributed by atoms with Gasteiger partial charge < -0.3 is 14.5 Å². The summed E-state index contributed by atoms with van der Waals surface area (Å²) in [6.45, 7) is 11.4. The Morgan fingerprint density at radius 3 is 2.09 bits per heavy atom. The van der Waals surface area contributed by atoms with Crippen molar-refractivity contribution < 1.29 is 27.2 Å². The van der Waals surface area contributed by atoms with Crippen LogP contribution >= 0.6 is 0 Å². The highest BCUT2D eigenvalue weighted by Crippen LogP contribution is 2.30. The monoisotopic (exact) mass is 600 g/mol. The fourth-order valence-electron chi connectivity index (χ4n) is 4.46. The van der Waals surface area contributed by atoms with Crippen molar-refractivity contribution in [2.75, 3.05) is 12.4 Å². The number of benzene rings is 3. The van der Waals surface area contributed by atoms with Crippen LogP contribution in [0, 0.1) is 30.1 Å². The molecule has 1 heterocycles. The highest BCUT2D eigenvalue weighted by Gasteiger charge is 2.29. The topological polar surface area (TPSA) is 115 Å². The molecule has 1 aromatic heterocycles. The molecule has 9 heteroatoms. The number of aryl methyl sites for hydroxylation is 1. The molecule has 1 amide bonds. The molecule has 0 unspecified atom stereocenters. The number of rotatable bonds is 8. The van der Waals surface area contributed by atoms with Crippen molar-refractivity contribution >= 4 is 38.6 Å². The molecule has 0 aliphatic heterocycles. The Bertz CT molecular complexity index is 1820. The van der Waals surface area contributed by atoms with Gasteiger partial charge in [-0.2, -0.15) is 4.72 Å². The number of hydrogen-bond donors (Lipinski definition) is 2. The summed E-state index contributed by atoms with van der Waals surface area (Å²) in [6, 6.07) is 18.1. The first-order chi connectivity index (χ1) is 20.2. The zero-order valence-electron chi connectivity index (χ0n) is 25.4. The van der Waals surface area contributed by atoms with Crippen molar-refractivity contribution in [3.05, 3.63) is 83.6 Å². The summed E-state index contributed by atoms with van der Waals surface area (Å²) < 4.78 is 38.9. The molecule has 0 fully saturated rings. The fraction of sp³-hybridized carbons (Fsp3) is 0.294. The Kier molecular flexibility index (Phi) is 9.14. The van der Waals surface area contributed by atoms with Gasteiger partial charge in [-0.1, -0.05) is 56.0 Å². The third kappa shape index (κ3) is 7.34. The van der Waals surface area contributed by atoms with E-state index in [0.717, 1.165) is 27.6 Å². The Labute approximate surface area is 252 Å². The highest BCUT2D eigenvalue weighted by molar-refractivity contribution is 7.89. The number of amides is 1. The van der Waals surface area contributed by atoms with Gasteiger partial charge in [-0.05, 0) is 81.1 Å². The molecule has 0 bridgehead atoms. The number of carbonyl (C=O) groups excluding carboxylic acids is 2. The quantitative estimate of drug-likeness (QED) is 0.175. The molecule has 0 radical (unpaired) electrons. The molecule has 8 nitrogen and oxygen atoms in total. The smallest absolute Gasteiger partial charge is 0.324 e. The van der Waals surface area contributed by atoms with E-state index in [9.17, 15) is 18.0 Å². The van der Waals surface area contributed by atoms with Crippen molar-refractivity contribution in [3.63, 3.8) is 0 Å². The zero-order chi connectivity index (χ0) is 31.5. The van der Waals surface area contributed by atoms with Gasteiger partial charge in [0.1, 0.15) is 11.6 Å². The third-order valence-electron chi connectivity index (χ3n) is 6.78. The van der Waals surface area contributed by atoms with Gasteiger partial charge in [0.05, 0.1) is 12.0 Å². The van der Waals surface area contributed by atoms with Gasteiger partial charge >= 0.3 is 5.97 Å².